The Balaban J connectivity index is 1.69. The summed E-state index contributed by atoms with van der Waals surface area (Å²) < 4.78 is 0.890. The Labute approximate surface area is 161 Å². The molecule has 132 valence electrons. The van der Waals surface area contributed by atoms with E-state index in [2.05, 4.69) is 33.4 Å². The number of carbonyl (C=O) groups excluding carboxylic acids is 2. The van der Waals surface area contributed by atoms with E-state index in [0.29, 0.717) is 18.7 Å². The van der Waals surface area contributed by atoms with E-state index in [9.17, 15) is 9.59 Å². The van der Waals surface area contributed by atoms with Crippen LogP contribution in [0.1, 0.15) is 39.5 Å². The van der Waals surface area contributed by atoms with E-state index in [1.54, 1.807) is 4.90 Å². The number of amides is 2. The van der Waals surface area contributed by atoms with Crippen molar-refractivity contribution in [2.24, 2.45) is 0 Å². The van der Waals surface area contributed by atoms with Crippen LogP contribution in [0.3, 0.4) is 0 Å². The molecule has 0 saturated carbocycles. The molecule has 2 aliphatic rings. The minimum atomic E-state index is -0.607. The van der Waals surface area contributed by atoms with Gasteiger partial charge in [0.1, 0.15) is 6.04 Å². The molecule has 0 spiro atoms. The molecule has 26 heavy (non-hydrogen) atoms. The Morgan fingerprint density at radius 1 is 1.19 bits per heavy atom. The van der Waals surface area contributed by atoms with Gasteiger partial charge in [-0.25, -0.2) is 0 Å². The number of aryl methyl sites for hydroxylation is 1. The van der Waals surface area contributed by atoms with E-state index in [1.807, 2.05) is 42.5 Å². The number of fused-ring (bicyclic) bond motifs is 1. The summed E-state index contributed by atoms with van der Waals surface area (Å²) in [6.07, 6.45) is 6.20. The van der Waals surface area contributed by atoms with Crippen molar-refractivity contribution < 1.29 is 9.59 Å². The third-order valence-electron chi connectivity index (χ3n) is 4.90. The van der Waals surface area contributed by atoms with Crippen LogP contribution in [0.5, 0.6) is 0 Å². The lowest BCUT2D eigenvalue weighted by atomic mass is 9.94. The van der Waals surface area contributed by atoms with Crippen molar-refractivity contribution in [1.82, 2.24) is 10.2 Å². The lowest BCUT2D eigenvalue weighted by molar-refractivity contribution is -0.128. The number of nitrogens with one attached hydrogen (secondary N) is 1. The molecule has 1 N–H and O–H groups in total. The van der Waals surface area contributed by atoms with Crippen LogP contribution >= 0.6 is 15.9 Å². The molecule has 2 amide bonds. The van der Waals surface area contributed by atoms with Gasteiger partial charge in [-0.05, 0) is 53.8 Å². The average Bonchev–Trinajstić information content (AvgIpc) is 2.67. The number of nitrogens with zero attached hydrogens (tertiary/aromatic N) is 1. The highest BCUT2D eigenvalue weighted by molar-refractivity contribution is 9.10. The summed E-state index contributed by atoms with van der Waals surface area (Å²) in [5, 5.41) is 2.88. The number of carbonyl (C=O) groups is 2. The summed E-state index contributed by atoms with van der Waals surface area (Å²) in [7, 11) is 0. The molecule has 1 heterocycles. The average molecular weight is 411 g/mol. The summed E-state index contributed by atoms with van der Waals surface area (Å²) in [6.45, 7) is 0.974. The molecule has 1 unspecified atom stereocenters. The number of allylic oxidation sites excluding steroid dienone is 1. The molecule has 0 radical (unpaired) electrons. The minimum Gasteiger partial charge on any atom is -0.352 e. The van der Waals surface area contributed by atoms with Gasteiger partial charge in [-0.1, -0.05) is 46.3 Å². The Morgan fingerprint density at radius 3 is 2.92 bits per heavy atom. The predicted molar refractivity (Wildman–Crippen MR) is 105 cm³/mol. The van der Waals surface area contributed by atoms with Crippen molar-refractivity contribution in [1.29, 1.82) is 0 Å². The van der Waals surface area contributed by atoms with Crippen LogP contribution in [0.25, 0.3) is 6.08 Å². The number of hydrogen-bond acceptors (Lipinski definition) is 2. The maximum absolute atomic E-state index is 13.2. The van der Waals surface area contributed by atoms with Gasteiger partial charge in [0, 0.05) is 23.1 Å². The molecule has 4 nitrogen and oxygen atoms in total. The van der Waals surface area contributed by atoms with Gasteiger partial charge in [0.2, 0.25) is 5.91 Å². The lowest BCUT2D eigenvalue weighted by Gasteiger charge is -2.35. The molecule has 2 aromatic rings. The van der Waals surface area contributed by atoms with Crippen molar-refractivity contribution in [3.63, 3.8) is 0 Å². The van der Waals surface area contributed by atoms with Crippen molar-refractivity contribution in [2.45, 2.75) is 18.9 Å². The number of benzene rings is 2. The first-order chi connectivity index (χ1) is 12.6. The summed E-state index contributed by atoms with van der Waals surface area (Å²) in [5.74, 6) is -0.231. The van der Waals surface area contributed by atoms with Gasteiger partial charge in [-0.2, -0.15) is 0 Å². The third kappa shape index (κ3) is 3.19. The van der Waals surface area contributed by atoms with Crippen molar-refractivity contribution in [2.75, 3.05) is 13.1 Å². The Morgan fingerprint density at radius 2 is 2.08 bits per heavy atom. The molecule has 1 atom stereocenters. The fourth-order valence-corrected chi connectivity index (χ4v) is 4.04. The molecule has 0 bridgehead atoms. The van der Waals surface area contributed by atoms with Crippen molar-refractivity contribution in [3.8, 4) is 0 Å². The largest absolute Gasteiger partial charge is 0.352 e. The molecule has 0 aromatic heterocycles. The van der Waals surface area contributed by atoms with Crippen LogP contribution in [0.4, 0.5) is 0 Å². The maximum atomic E-state index is 13.2. The smallest absolute Gasteiger partial charge is 0.254 e. The standard InChI is InChI=1S/C21H19BrN2O2/c22-18-7-3-6-16(13-18)19-20(25)23-10-11-24(19)21(26)17-9-8-14-4-1-2-5-15(14)12-17/h1,3-4,6-9,12-13,19H,2,5,10-11H2,(H,23,25). The monoisotopic (exact) mass is 410 g/mol. The quantitative estimate of drug-likeness (QED) is 0.819. The first-order valence-electron chi connectivity index (χ1n) is 8.77. The van der Waals surface area contributed by atoms with Crippen LogP contribution in [0.2, 0.25) is 0 Å². The Hall–Kier alpha value is -2.40. The van der Waals surface area contributed by atoms with Gasteiger partial charge < -0.3 is 10.2 Å². The number of hydrogen-bond donors (Lipinski definition) is 1. The molecule has 1 saturated heterocycles. The second kappa shape index (κ2) is 7.08. The fourth-order valence-electron chi connectivity index (χ4n) is 3.63. The molecule has 5 heteroatoms. The number of piperazine rings is 1. The summed E-state index contributed by atoms with van der Waals surface area (Å²) in [4.78, 5) is 27.5. The fraction of sp³-hybridized carbons (Fsp3) is 0.238. The summed E-state index contributed by atoms with van der Waals surface area (Å²) in [6, 6.07) is 12.8. The van der Waals surface area contributed by atoms with Gasteiger partial charge >= 0.3 is 0 Å². The van der Waals surface area contributed by atoms with Crippen molar-refractivity contribution >= 4 is 33.8 Å². The Kier molecular flexibility index (Phi) is 4.64. The van der Waals surface area contributed by atoms with Crippen LogP contribution in [0, 0.1) is 0 Å². The van der Waals surface area contributed by atoms with Crippen LogP contribution in [-0.2, 0) is 11.2 Å². The molecular formula is C21H19BrN2O2. The maximum Gasteiger partial charge on any atom is 0.254 e. The zero-order valence-electron chi connectivity index (χ0n) is 14.2. The van der Waals surface area contributed by atoms with Crippen LogP contribution in [-0.4, -0.2) is 29.8 Å². The van der Waals surface area contributed by atoms with Gasteiger partial charge in [0.15, 0.2) is 0 Å². The lowest BCUT2D eigenvalue weighted by Crippen LogP contribution is -2.52. The van der Waals surface area contributed by atoms with E-state index in [-0.39, 0.29) is 11.8 Å². The van der Waals surface area contributed by atoms with E-state index >= 15 is 0 Å². The molecule has 1 aliphatic heterocycles. The van der Waals surface area contributed by atoms with Gasteiger partial charge in [-0.15, -0.1) is 0 Å². The normalized spacial score (nSPS) is 19.0. The molecule has 2 aromatic carbocycles. The second-order valence-corrected chi connectivity index (χ2v) is 7.52. The third-order valence-corrected chi connectivity index (χ3v) is 5.40. The highest BCUT2D eigenvalue weighted by Gasteiger charge is 2.35. The van der Waals surface area contributed by atoms with Gasteiger partial charge in [0.25, 0.3) is 5.91 Å². The number of rotatable bonds is 2. The van der Waals surface area contributed by atoms with E-state index < -0.39 is 6.04 Å². The summed E-state index contributed by atoms with van der Waals surface area (Å²) >= 11 is 3.45. The molecular weight excluding hydrogens is 392 g/mol. The minimum absolute atomic E-state index is 0.0952. The molecule has 1 aliphatic carbocycles. The SMILES string of the molecule is O=C1NCCN(C(=O)c2ccc3c(c2)CCC=C3)C1c1cccc(Br)c1. The zero-order chi connectivity index (χ0) is 18.1. The molecule has 4 rings (SSSR count). The highest BCUT2D eigenvalue weighted by Crippen LogP contribution is 2.28. The zero-order valence-corrected chi connectivity index (χ0v) is 15.8. The highest BCUT2D eigenvalue weighted by atomic mass is 79.9. The molecule has 1 fully saturated rings. The van der Waals surface area contributed by atoms with E-state index in [0.717, 1.165) is 22.9 Å². The van der Waals surface area contributed by atoms with Gasteiger partial charge in [-0.3, -0.25) is 9.59 Å². The first kappa shape index (κ1) is 17.0. The van der Waals surface area contributed by atoms with Crippen LogP contribution in [0.15, 0.2) is 53.0 Å². The topological polar surface area (TPSA) is 49.4 Å². The predicted octanol–water partition coefficient (Wildman–Crippen LogP) is 3.72. The van der Waals surface area contributed by atoms with E-state index in [4.69, 9.17) is 0 Å². The van der Waals surface area contributed by atoms with Crippen molar-refractivity contribution in [3.05, 3.63) is 75.3 Å². The number of halogens is 1. The first-order valence-corrected chi connectivity index (χ1v) is 9.56. The van der Waals surface area contributed by atoms with Gasteiger partial charge in [0.05, 0.1) is 0 Å². The second-order valence-electron chi connectivity index (χ2n) is 6.60. The van der Waals surface area contributed by atoms with Crippen LogP contribution < -0.4 is 5.32 Å². The Bertz CT molecular complexity index is 907. The summed E-state index contributed by atoms with van der Waals surface area (Å²) in [5.41, 5.74) is 3.83. The van der Waals surface area contributed by atoms with E-state index in [1.165, 1.54) is 11.1 Å².